The summed E-state index contributed by atoms with van der Waals surface area (Å²) in [5.41, 5.74) is 4.86. The molecule has 1 aromatic heterocycles. The number of carbonyl (C=O) groups is 2. The van der Waals surface area contributed by atoms with Gasteiger partial charge in [-0.2, -0.15) is 11.8 Å². The summed E-state index contributed by atoms with van der Waals surface area (Å²) in [7, 11) is 0. The highest BCUT2D eigenvalue weighted by Crippen LogP contribution is 2.31. The predicted molar refractivity (Wildman–Crippen MR) is 167 cm³/mol. The van der Waals surface area contributed by atoms with Crippen molar-refractivity contribution in [2.45, 2.75) is 39.0 Å². The van der Waals surface area contributed by atoms with E-state index in [1.165, 1.54) is 0 Å². The van der Waals surface area contributed by atoms with Crippen LogP contribution >= 0.6 is 11.8 Å². The number of nitrogens with one attached hydrogen (secondary N) is 1. The fourth-order valence-corrected chi connectivity index (χ4v) is 5.10. The van der Waals surface area contributed by atoms with E-state index in [0.29, 0.717) is 42.3 Å². The number of thioether (sulfide) groups is 1. The van der Waals surface area contributed by atoms with E-state index in [1.54, 1.807) is 17.8 Å². The van der Waals surface area contributed by atoms with E-state index in [1.807, 2.05) is 99.0 Å². The average molecular weight is 588 g/mol. The first-order chi connectivity index (χ1) is 20.4. The van der Waals surface area contributed by atoms with Crippen molar-refractivity contribution < 1.29 is 28.6 Å². The smallest absolute Gasteiger partial charge is 0.326 e. The van der Waals surface area contributed by atoms with Gasteiger partial charge in [0.2, 0.25) is 0 Å². The maximum atomic E-state index is 13.4. The Kier molecular flexibility index (Phi) is 11.4. The quantitative estimate of drug-likeness (QED) is 0.152. The second-order valence-electron chi connectivity index (χ2n) is 9.87. The van der Waals surface area contributed by atoms with Crippen LogP contribution in [0.3, 0.4) is 0 Å². The van der Waals surface area contributed by atoms with Gasteiger partial charge < -0.3 is 24.3 Å². The number of ether oxygens (including phenoxy) is 2. The van der Waals surface area contributed by atoms with Crippen LogP contribution in [0, 0.1) is 6.92 Å². The Balaban J connectivity index is 1.59. The lowest BCUT2D eigenvalue weighted by Gasteiger charge is -2.19. The normalized spacial score (nSPS) is 12.5. The van der Waals surface area contributed by atoms with Crippen LogP contribution in [0.15, 0.2) is 89.3 Å². The number of aliphatic carboxylic acids is 1. The minimum atomic E-state index is -1.05. The van der Waals surface area contributed by atoms with Crippen molar-refractivity contribution in [2.75, 3.05) is 25.2 Å². The third-order valence-corrected chi connectivity index (χ3v) is 7.55. The molecule has 7 nitrogen and oxygen atoms in total. The van der Waals surface area contributed by atoms with E-state index in [2.05, 4.69) is 5.32 Å². The summed E-state index contributed by atoms with van der Waals surface area (Å²) < 4.78 is 18.2. The summed E-state index contributed by atoms with van der Waals surface area (Å²) in [5, 5.41) is 12.4. The van der Waals surface area contributed by atoms with Gasteiger partial charge >= 0.3 is 5.97 Å². The van der Waals surface area contributed by atoms with Gasteiger partial charge in [0.05, 0.1) is 13.2 Å². The Labute approximate surface area is 251 Å². The number of rotatable bonds is 15. The molecular formula is C34H37NO6S. The van der Waals surface area contributed by atoms with Crippen LogP contribution in [0.1, 0.15) is 46.7 Å². The molecule has 0 aliphatic rings. The Morgan fingerprint density at radius 1 is 0.976 bits per heavy atom. The maximum Gasteiger partial charge on any atom is 0.326 e. The van der Waals surface area contributed by atoms with E-state index in [0.717, 1.165) is 28.0 Å². The fraction of sp³-hybridized carbons (Fsp3) is 0.294. The number of carboxylic acids is 1. The van der Waals surface area contributed by atoms with Gasteiger partial charge in [0.25, 0.3) is 5.91 Å². The zero-order chi connectivity index (χ0) is 29.9. The molecule has 2 N–H and O–H groups in total. The average Bonchev–Trinajstić information content (AvgIpc) is 3.50. The third kappa shape index (κ3) is 8.12. The number of benzene rings is 3. The van der Waals surface area contributed by atoms with Crippen LogP contribution in [-0.4, -0.2) is 48.2 Å². The van der Waals surface area contributed by atoms with E-state index in [9.17, 15) is 14.7 Å². The van der Waals surface area contributed by atoms with Crippen molar-refractivity contribution in [3.05, 3.63) is 107 Å². The Hall–Kier alpha value is -3.85. The van der Waals surface area contributed by atoms with Crippen LogP contribution in [0.25, 0.3) is 22.5 Å². The molecule has 4 aromatic rings. The lowest BCUT2D eigenvalue weighted by molar-refractivity contribution is -0.139. The van der Waals surface area contributed by atoms with Gasteiger partial charge in [0.15, 0.2) is 0 Å². The van der Waals surface area contributed by atoms with Gasteiger partial charge in [-0.05, 0) is 78.8 Å². The molecule has 0 saturated heterocycles. The molecule has 42 heavy (non-hydrogen) atoms. The van der Waals surface area contributed by atoms with Crippen LogP contribution in [0.2, 0.25) is 0 Å². The lowest BCUT2D eigenvalue weighted by atomic mass is 9.93. The van der Waals surface area contributed by atoms with Gasteiger partial charge in [0.1, 0.15) is 23.7 Å². The molecule has 3 aromatic carbocycles. The number of aryl methyl sites for hydroxylation is 1. The first-order valence-corrected chi connectivity index (χ1v) is 15.4. The molecule has 4 rings (SSSR count). The lowest BCUT2D eigenvalue weighted by Crippen LogP contribution is -2.41. The first kappa shape index (κ1) is 31.1. The fourth-order valence-electron chi connectivity index (χ4n) is 4.62. The van der Waals surface area contributed by atoms with Crippen molar-refractivity contribution in [3.8, 4) is 22.5 Å². The summed E-state index contributed by atoms with van der Waals surface area (Å²) in [5.74, 6) is 0.581. The standard InChI is InChI=1S/C34H37NO6S/c1-4-39-22-32(31-17-16-30(41-31)25-11-6-5-7-12-25)40-21-24-14-15-27(28(20-24)26-13-9-8-10-23(26)2)33(36)35-29(34(37)38)18-19-42-3/h5-17,20,29,32H,4,18-19,21-22H2,1-3H3,(H,35,36)(H,37,38)/t29-,32+/m0/s1. The number of hydrogen-bond acceptors (Lipinski definition) is 6. The van der Waals surface area contributed by atoms with E-state index in [-0.39, 0.29) is 6.61 Å². The Bertz CT molecular complexity index is 1470. The topological polar surface area (TPSA) is 98.0 Å². The van der Waals surface area contributed by atoms with Crippen LogP contribution < -0.4 is 5.32 Å². The highest BCUT2D eigenvalue weighted by molar-refractivity contribution is 7.98. The number of hydrogen-bond donors (Lipinski definition) is 2. The molecule has 0 aliphatic heterocycles. The SMILES string of the molecule is CCOC[C@@H](OCc1ccc(C(=O)N[C@@H](CCSC)C(=O)O)c(-c2ccccc2C)c1)c1ccc(-c2ccccc2)o1. The second kappa shape index (κ2) is 15.4. The largest absolute Gasteiger partial charge is 0.480 e. The second-order valence-corrected chi connectivity index (χ2v) is 10.9. The first-order valence-electron chi connectivity index (χ1n) is 14.0. The van der Waals surface area contributed by atoms with E-state index in [4.69, 9.17) is 13.9 Å². The minimum Gasteiger partial charge on any atom is -0.480 e. The highest BCUT2D eigenvalue weighted by atomic mass is 32.2. The Morgan fingerprint density at radius 2 is 1.74 bits per heavy atom. The summed E-state index contributed by atoms with van der Waals surface area (Å²) in [6, 6.07) is 26.1. The molecule has 1 heterocycles. The number of carbonyl (C=O) groups excluding carboxylic acids is 1. The molecular weight excluding hydrogens is 550 g/mol. The summed E-state index contributed by atoms with van der Waals surface area (Å²) >= 11 is 1.54. The molecule has 0 fully saturated rings. The zero-order valence-corrected chi connectivity index (χ0v) is 25.0. The van der Waals surface area contributed by atoms with Crippen LogP contribution in [0.4, 0.5) is 0 Å². The van der Waals surface area contributed by atoms with Crippen LogP contribution in [-0.2, 0) is 20.9 Å². The Morgan fingerprint density at radius 3 is 2.45 bits per heavy atom. The summed E-state index contributed by atoms with van der Waals surface area (Å²) in [4.78, 5) is 25.2. The predicted octanol–water partition coefficient (Wildman–Crippen LogP) is 7.15. The monoisotopic (exact) mass is 587 g/mol. The van der Waals surface area contributed by atoms with Crippen molar-refractivity contribution in [1.29, 1.82) is 0 Å². The number of carboxylic acid groups (broad SMARTS) is 1. The number of furan rings is 1. The van der Waals surface area contributed by atoms with Crippen molar-refractivity contribution in [3.63, 3.8) is 0 Å². The van der Waals surface area contributed by atoms with Crippen molar-refractivity contribution in [2.24, 2.45) is 0 Å². The summed E-state index contributed by atoms with van der Waals surface area (Å²) in [6.45, 7) is 5.05. The molecule has 8 heteroatoms. The molecule has 0 radical (unpaired) electrons. The molecule has 0 aliphatic carbocycles. The minimum absolute atomic E-state index is 0.255. The van der Waals surface area contributed by atoms with Gasteiger partial charge in [-0.1, -0.05) is 60.7 Å². The third-order valence-electron chi connectivity index (χ3n) is 6.90. The van der Waals surface area contributed by atoms with E-state index >= 15 is 0 Å². The molecule has 0 bridgehead atoms. The van der Waals surface area contributed by atoms with Crippen molar-refractivity contribution >= 4 is 23.6 Å². The molecule has 2 atom stereocenters. The van der Waals surface area contributed by atoms with Crippen LogP contribution in [0.5, 0.6) is 0 Å². The zero-order valence-electron chi connectivity index (χ0n) is 24.2. The summed E-state index contributed by atoms with van der Waals surface area (Å²) in [6.07, 6.45) is 1.82. The molecule has 0 saturated carbocycles. The molecule has 220 valence electrons. The maximum absolute atomic E-state index is 13.4. The van der Waals surface area contributed by atoms with Crippen molar-refractivity contribution in [1.82, 2.24) is 5.32 Å². The molecule has 0 unspecified atom stereocenters. The van der Waals surface area contributed by atoms with Gasteiger partial charge in [-0.15, -0.1) is 0 Å². The molecule has 0 spiro atoms. The van der Waals surface area contributed by atoms with Gasteiger partial charge in [0, 0.05) is 17.7 Å². The van der Waals surface area contributed by atoms with E-state index < -0.39 is 24.0 Å². The highest BCUT2D eigenvalue weighted by Gasteiger charge is 2.23. The van der Waals surface area contributed by atoms with Gasteiger partial charge in [-0.25, -0.2) is 4.79 Å². The number of amides is 1. The van der Waals surface area contributed by atoms with Gasteiger partial charge in [-0.3, -0.25) is 4.79 Å². The molecule has 1 amide bonds.